The van der Waals surface area contributed by atoms with Crippen molar-refractivity contribution >= 4 is 0 Å². The van der Waals surface area contributed by atoms with Crippen molar-refractivity contribution < 1.29 is 19.7 Å². The van der Waals surface area contributed by atoms with Crippen LogP contribution in [0.5, 0.6) is 0 Å². The maximum Gasteiger partial charge on any atom is 0.0945 e. The predicted molar refractivity (Wildman–Crippen MR) is 91.6 cm³/mol. The Morgan fingerprint density at radius 1 is 1.04 bits per heavy atom. The third kappa shape index (κ3) is 2.00. The van der Waals surface area contributed by atoms with Crippen LogP contribution in [0.2, 0.25) is 0 Å². The Bertz CT molecular complexity index is 502. The molecule has 24 heavy (non-hydrogen) atoms. The zero-order valence-electron chi connectivity index (χ0n) is 15.5. The first-order chi connectivity index (χ1) is 11.3. The Balaban J connectivity index is 1.74. The molecule has 7 atom stereocenters. The molecule has 2 aliphatic carbocycles. The Morgan fingerprint density at radius 2 is 1.83 bits per heavy atom. The highest BCUT2D eigenvalue weighted by molar-refractivity contribution is 5.17. The first-order valence-corrected chi connectivity index (χ1v) is 9.89. The molecule has 0 aromatic heterocycles. The van der Waals surface area contributed by atoms with Crippen LogP contribution in [-0.2, 0) is 9.47 Å². The van der Waals surface area contributed by atoms with E-state index in [0.717, 1.165) is 58.2 Å². The number of rotatable bonds is 1. The summed E-state index contributed by atoms with van der Waals surface area (Å²) in [5.74, 6) is 0.837. The third-order valence-corrected chi connectivity index (χ3v) is 8.67. The Hall–Kier alpha value is -0.160. The van der Waals surface area contributed by atoms with Crippen LogP contribution in [0.3, 0.4) is 0 Å². The van der Waals surface area contributed by atoms with Gasteiger partial charge in [-0.25, -0.2) is 0 Å². The van der Waals surface area contributed by atoms with E-state index in [2.05, 4.69) is 20.8 Å². The summed E-state index contributed by atoms with van der Waals surface area (Å²) >= 11 is 0. The van der Waals surface area contributed by atoms with E-state index in [9.17, 15) is 10.2 Å². The number of hydrogen-bond acceptors (Lipinski definition) is 4. The average molecular weight is 338 g/mol. The van der Waals surface area contributed by atoms with Gasteiger partial charge in [0.05, 0.1) is 30.5 Å². The van der Waals surface area contributed by atoms with Gasteiger partial charge >= 0.3 is 0 Å². The van der Waals surface area contributed by atoms with Gasteiger partial charge in [-0.1, -0.05) is 20.8 Å². The molecule has 4 fully saturated rings. The smallest absolute Gasteiger partial charge is 0.0945 e. The van der Waals surface area contributed by atoms with E-state index in [4.69, 9.17) is 9.47 Å². The van der Waals surface area contributed by atoms with E-state index in [1.54, 1.807) is 0 Å². The summed E-state index contributed by atoms with van der Waals surface area (Å²) in [6.45, 7) is 8.46. The molecule has 4 heteroatoms. The molecule has 2 saturated heterocycles. The summed E-state index contributed by atoms with van der Waals surface area (Å²) in [6.07, 6.45) is 6.78. The fourth-order valence-electron chi connectivity index (χ4n) is 7.00. The van der Waals surface area contributed by atoms with Gasteiger partial charge < -0.3 is 19.7 Å². The van der Waals surface area contributed by atoms with E-state index in [0.29, 0.717) is 11.8 Å². The minimum absolute atomic E-state index is 0.0213. The van der Waals surface area contributed by atoms with Crippen LogP contribution in [-0.4, -0.2) is 47.3 Å². The molecule has 0 bridgehead atoms. The van der Waals surface area contributed by atoms with Crippen LogP contribution in [0, 0.1) is 22.7 Å². The molecule has 138 valence electrons. The molecule has 2 heterocycles. The van der Waals surface area contributed by atoms with Crippen molar-refractivity contribution in [1.29, 1.82) is 0 Å². The zero-order chi connectivity index (χ0) is 17.2. The molecule has 0 unspecified atom stereocenters. The molecule has 2 spiro atoms. The summed E-state index contributed by atoms with van der Waals surface area (Å²) in [5.41, 5.74) is -0.593. The van der Waals surface area contributed by atoms with Crippen molar-refractivity contribution in [2.75, 3.05) is 19.8 Å². The highest BCUT2D eigenvalue weighted by atomic mass is 16.6. The van der Waals surface area contributed by atoms with E-state index >= 15 is 0 Å². The van der Waals surface area contributed by atoms with Crippen molar-refractivity contribution in [3.63, 3.8) is 0 Å². The molecule has 2 aliphatic heterocycles. The topological polar surface area (TPSA) is 58.9 Å². The Morgan fingerprint density at radius 3 is 2.50 bits per heavy atom. The van der Waals surface area contributed by atoms with Crippen molar-refractivity contribution in [1.82, 2.24) is 0 Å². The lowest BCUT2D eigenvalue weighted by atomic mass is 9.43. The van der Waals surface area contributed by atoms with Crippen LogP contribution in [0.4, 0.5) is 0 Å². The molecular weight excluding hydrogens is 304 g/mol. The minimum Gasteiger partial charge on any atom is -0.396 e. The van der Waals surface area contributed by atoms with Gasteiger partial charge in [0.15, 0.2) is 0 Å². The number of ether oxygens (including phenoxy) is 2. The molecule has 4 aliphatic rings. The van der Waals surface area contributed by atoms with Crippen LogP contribution >= 0.6 is 0 Å². The van der Waals surface area contributed by atoms with Crippen molar-refractivity contribution in [3.8, 4) is 0 Å². The van der Waals surface area contributed by atoms with Gasteiger partial charge in [0, 0.05) is 23.9 Å². The highest BCUT2D eigenvalue weighted by Gasteiger charge is 2.69. The highest BCUT2D eigenvalue weighted by Crippen LogP contribution is 2.68. The molecule has 2 saturated carbocycles. The van der Waals surface area contributed by atoms with Gasteiger partial charge in [0.25, 0.3) is 0 Å². The summed E-state index contributed by atoms with van der Waals surface area (Å²) in [5, 5.41) is 20.8. The largest absolute Gasteiger partial charge is 0.396 e. The molecule has 0 aromatic carbocycles. The van der Waals surface area contributed by atoms with Crippen LogP contribution in [0.1, 0.15) is 65.7 Å². The summed E-state index contributed by atoms with van der Waals surface area (Å²) in [4.78, 5) is 0. The Kier molecular flexibility index (Phi) is 3.90. The molecule has 0 aromatic rings. The lowest BCUT2D eigenvalue weighted by Crippen LogP contribution is -2.66. The summed E-state index contributed by atoms with van der Waals surface area (Å²) in [6, 6.07) is 0. The maximum absolute atomic E-state index is 10.7. The van der Waals surface area contributed by atoms with Crippen LogP contribution < -0.4 is 0 Å². The van der Waals surface area contributed by atoms with E-state index in [1.807, 2.05) is 0 Å². The SMILES string of the molecule is C[C@@H]1CC[C@H]2[C@](C)(CO)[C@@H](O)CC[C@]2(C)[C@]12CC[C@]1(CCOC1)O2. The second-order valence-corrected chi connectivity index (χ2v) is 9.64. The molecule has 4 rings (SSSR count). The fraction of sp³-hybridized carbons (Fsp3) is 1.00. The van der Waals surface area contributed by atoms with Gasteiger partial charge in [-0.2, -0.15) is 0 Å². The van der Waals surface area contributed by atoms with Crippen LogP contribution in [0.15, 0.2) is 0 Å². The first-order valence-electron chi connectivity index (χ1n) is 9.89. The normalized spacial score (nSPS) is 57.6. The van der Waals surface area contributed by atoms with Gasteiger partial charge in [-0.3, -0.25) is 0 Å². The molecule has 0 radical (unpaired) electrons. The molecule has 2 N–H and O–H groups in total. The summed E-state index contributed by atoms with van der Waals surface area (Å²) in [7, 11) is 0. The second-order valence-electron chi connectivity index (χ2n) is 9.64. The number of aliphatic hydroxyl groups excluding tert-OH is 2. The predicted octanol–water partition coefficient (Wildman–Crippen LogP) is 2.90. The number of fused-ring (bicyclic) bond motifs is 2. The lowest BCUT2D eigenvalue weighted by molar-refractivity contribution is -0.266. The quantitative estimate of drug-likeness (QED) is 0.772. The summed E-state index contributed by atoms with van der Waals surface area (Å²) < 4.78 is 12.7. The van der Waals surface area contributed by atoms with E-state index in [1.165, 1.54) is 0 Å². The maximum atomic E-state index is 10.7. The van der Waals surface area contributed by atoms with E-state index in [-0.39, 0.29) is 23.2 Å². The first kappa shape index (κ1) is 17.3. The molecule has 0 amide bonds. The second kappa shape index (κ2) is 5.42. The third-order valence-electron chi connectivity index (χ3n) is 8.67. The zero-order valence-corrected chi connectivity index (χ0v) is 15.5. The minimum atomic E-state index is -0.411. The van der Waals surface area contributed by atoms with Crippen LogP contribution in [0.25, 0.3) is 0 Å². The lowest BCUT2D eigenvalue weighted by Gasteiger charge is -2.65. The monoisotopic (exact) mass is 338 g/mol. The Labute approximate surface area is 145 Å². The molecule has 4 nitrogen and oxygen atoms in total. The number of hydrogen-bond donors (Lipinski definition) is 2. The van der Waals surface area contributed by atoms with Gasteiger partial charge in [-0.05, 0) is 50.4 Å². The van der Waals surface area contributed by atoms with E-state index < -0.39 is 11.5 Å². The van der Waals surface area contributed by atoms with Gasteiger partial charge in [0.2, 0.25) is 0 Å². The number of aliphatic hydroxyl groups is 2. The average Bonchev–Trinajstić information content (AvgIpc) is 3.18. The van der Waals surface area contributed by atoms with Gasteiger partial charge in [-0.15, -0.1) is 0 Å². The van der Waals surface area contributed by atoms with Crippen molar-refractivity contribution in [2.24, 2.45) is 22.7 Å². The van der Waals surface area contributed by atoms with Crippen molar-refractivity contribution in [3.05, 3.63) is 0 Å². The standard InChI is InChI=1S/C20H34O4/c1-14-4-5-15-17(2,12-21)16(22)6-7-18(15,3)20(14)9-8-19(24-20)10-11-23-13-19/h14-16,21-22H,4-13H2,1-3H3/t14-,15+,16+,17+,18+,19-,20+/m1/s1. The van der Waals surface area contributed by atoms with Crippen molar-refractivity contribution in [2.45, 2.75) is 83.0 Å². The molecular formula is C20H34O4. The van der Waals surface area contributed by atoms with Gasteiger partial charge in [0.1, 0.15) is 0 Å². The fourth-order valence-corrected chi connectivity index (χ4v) is 7.00.